The molecule has 0 bridgehead atoms. The molecule has 2 aromatic heterocycles. The fourth-order valence-electron chi connectivity index (χ4n) is 1.65. The van der Waals surface area contributed by atoms with Crippen LogP contribution in [0.25, 0.3) is 0 Å². The highest BCUT2D eigenvalue weighted by atomic mass is 32.1. The van der Waals surface area contributed by atoms with Crippen LogP contribution in [-0.2, 0) is 12.0 Å². The first-order valence-corrected chi connectivity index (χ1v) is 6.96. The van der Waals surface area contributed by atoms with Crippen LogP contribution in [0.1, 0.15) is 49.3 Å². The van der Waals surface area contributed by atoms with Gasteiger partial charge in [0.25, 0.3) is 0 Å². The van der Waals surface area contributed by atoms with Gasteiger partial charge in [-0.1, -0.05) is 20.8 Å². The Kier molecular flexibility index (Phi) is 3.82. The van der Waals surface area contributed by atoms with E-state index >= 15 is 0 Å². The molecule has 0 fully saturated rings. The molecule has 2 heterocycles. The molecule has 2 aromatic rings. The van der Waals surface area contributed by atoms with Gasteiger partial charge in [0.2, 0.25) is 0 Å². The molecular formula is C13H20N4S. The summed E-state index contributed by atoms with van der Waals surface area (Å²) in [5.74, 6) is 0.877. The first-order chi connectivity index (χ1) is 8.47. The van der Waals surface area contributed by atoms with Crippen molar-refractivity contribution in [2.75, 3.05) is 0 Å². The van der Waals surface area contributed by atoms with Crippen molar-refractivity contribution in [2.24, 2.45) is 0 Å². The van der Waals surface area contributed by atoms with Gasteiger partial charge >= 0.3 is 0 Å². The lowest BCUT2D eigenvalue weighted by molar-refractivity contribution is 0.551. The second-order valence-corrected chi connectivity index (χ2v) is 6.66. The summed E-state index contributed by atoms with van der Waals surface area (Å²) in [5.41, 5.74) is 0.236. The molecule has 2 N–H and O–H groups in total. The second-order valence-electron chi connectivity index (χ2n) is 5.49. The standard InChI is InChI=1S/C13H20N4S/c1-9(12-15-8-16-17-12)14-7-10-5-6-11(18-10)13(2,3)4/h5-6,8-9,14H,7H2,1-4H3,(H,15,16,17). The lowest BCUT2D eigenvalue weighted by Crippen LogP contribution is -2.18. The van der Waals surface area contributed by atoms with Crippen LogP contribution in [0.2, 0.25) is 0 Å². The maximum atomic E-state index is 4.15. The monoisotopic (exact) mass is 264 g/mol. The highest BCUT2D eigenvalue weighted by Gasteiger charge is 2.16. The molecule has 1 atom stereocenters. The summed E-state index contributed by atoms with van der Waals surface area (Å²) < 4.78 is 0. The first-order valence-electron chi connectivity index (χ1n) is 6.14. The van der Waals surface area contributed by atoms with E-state index in [-0.39, 0.29) is 11.5 Å². The Morgan fingerprint density at radius 2 is 2.17 bits per heavy atom. The van der Waals surface area contributed by atoms with Gasteiger partial charge in [-0.25, -0.2) is 4.98 Å². The van der Waals surface area contributed by atoms with Crippen LogP contribution < -0.4 is 5.32 Å². The Bertz CT molecular complexity index is 481. The van der Waals surface area contributed by atoms with Crippen molar-refractivity contribution < 1.29 is 0 Å². The normalized spacial score (nSPS) is 13.8. The number of H-pyrrole nitrogens is 1. The van der Waals surface area contributed by atoms with Gasteiger partial charge in [0, 0.05) is 16.3 Å². The van der Waals surface area contributed by atoms with Crippen molar-refractivity contribution in [2.45, 2.75) is 45.7 Å². The Morgan fingerprint density at radius 1 is 1.39 bits per heavy atom. The van der Waals surface area contributed by atoms with E-state index < -0.39 is 0 Å². The molecule has 5 heteroatoms. The molecule has 0 saturated heterocycles. The van der Waals surface area contributed by atoms with Crippen LogP contribution >= 0.6 is 11.3 Å². The minimum Gasteiger partial charge on any atom is -0.303 e. The zero-order chi connectivity index (χ0) is 13.2. The van der Waals surface area contributed by atoms with E-state index in [1.165, 1.54) is 16.1 Å². The van der Waals surface area contributed by atoms with Crippen molar-refractivity contribution >= 4 is 11.3 Å². The number of thiophene rings is 1. The van der Waals surface area contributed by atoms with Crippen LogP contribution in [0.3, 0.4) is 0 Å². The Labute approximate surface area is 112 Å². The van der Waals surface area contributed by atoms with E-state index in [9.17, 15) is 0 Å². The Hall–Kier alpha value is -1.20. The van der Waals surface area contributed by atoms with Gasteiger partial charge in [-0.2, -0.15) is 5.10 Å². The maximum Gasteiger partial charge on any atom is 0.141 e. The van der Waals surface area contributed by atoms with E-state index in [0.29, 0.717) is 0 Å². The Balaban J connectivity index is 1.93. The van der Waals surface area contributed by atoms with Gasteiger partial charge in [-0.05, 0) is 24.5 Å². The van der Waals surface area contributed by atoms with E-state index in [1.54, 1.807) is 0 Å². The zero-order valence-electron chi connectivity index (χ0n) is 11.3. The van der Waals surface area contributed by atoms with Crippen LogP contribution in [0.5, 0.6) is 0 Å². The van der Waals surface area contributed by atoms with Crippen molar-refractivity contribution in [3.8, 4) is 0 Å². The molecule has 0 radical (unpaired) electrons. The third-order valence-corrected chi connectivity index (χ3v) is 4.34. The molecule has 4 nitrogen and oxygen atoms in total. The van der Waals surface area contributed by atoms with Crippen LogP contribution in [0.4, 0.5) is 0 Å². The highest BCUT2D eigenvalue weighted by Crippen LogP contribution is 2.29. The minimum absolute atomic E-state index is 0.188. The lowest BCUT2D eigenvalue weighted by atomic mass is 9.95. The van der Waals surface area contributed by atoms with Crippen LogP contribution in [0.15, 0.2) is 18.5 Å². The van der Waals surface area contributed by atoms with Crippen LogP contribution in [0, 0.1) is 0 Å². The maximum absolute atomic E-state index is 4.15. The number of nitrogens with one attached hydrogen (secondary N) is 2. The largest absolute Gasteiger partial charge is 0.303 e. The molecule has 0 amide bonds. The highest BCUT2D eigenvalue weighted by molar-refractivity contribution is 7.12. The van der Waals surface area contributed by atoms with Gasteiger partial charge in [-0.3, -0.25) is 5.10 Å². The molecule has 0 spiro atoms. The van der Waals surface area contributed by atoms with E-state index in [4.69, 9.17) is 0 Å². The molecule has 0 aliphatic rings. The molecule has 98 valence electrons. The number of hydrogen-bond acceptors (Lipinski definition) is 4. The third kappa shape index (κ3) is 3.17. The average Bonchev–Trinajstić information content (AvgIpc) is 2.96. The summed E-state index contributed by atoms with van der Waals surface area (Å²) in [6.45, 7) is 9.68. The fraction of sp³-hybridized carbons (Fsp3) is 0.538. The molecule has 0 aliphatic carbocycles. The molecule has 1 unspecified atom stereocenters. The topological polar surface area (TPSA) is 53.6 Å². The average molecular weight is 264 g/mol. The summed E-state index contributed by atoms with van der Waals surface area (Å²) in [4.78, 5) is 6.92. The van der Waals surface area contributed by atoms with Gasteiger partial charge in [0.05, 0.1) is 6.04 Å². The smallest absolute Gasteiger partial charge is 0.141 e. The molecule has 0 aliphatic heterocycles. The molecule has 0 saturated carbocycles. The van der Waals surface area contributed by atoms with Crippen molar-refractivity contribution in [1.29, 1.82) is 0 Å². The van der Waals surface area contributed by atoms with Crippen molar-refractivity contribution in [1.82, 2.24) is 20.5 Å². The second kappa shape index (κ2) is 5.20. The van der Waals surface area contributed by atoms with Crippen molar-refractivity contribution in [3.63, 3.8) is 0 Å². The lowest BCUT2D eigenvalue weighted by Gasteiger charge is -2.15. The van der Waals surface area contributed by atoms with Crippen LogP contribution in [-0.4, -0.2) is 15.2 Å². The third-order valence-electron chi connectivity index (χ3n) is 2.83. The predicted molar refractivity (Wildman–Crippen MR) is 74.7 cm³/mol. The number of aromatic nitrogens is 3. The fourth-order valence-corrected chi connectivity index (χ4v) is 2.67. The summed E-state index contributed by atoms with van der Waals surface area (Å²) in [5, 5.41) is 10.2. The van der Waals surface area contributed by atoms with E-state index in [1.807, 2.05) is 11.3 Å². The summed E-state index contributed by atoms with van der Waals surface area (Å²) in [6, 6.07) is 4.61. The van der Waals surface area contributed by atoms with Gasteiger partial charge in [0.1, 0.15) is 12.2 Å². The SMILES string of the molecule is CC(NCc1ccc(C(C)(C)C)s1)c1ncn[nH]1. The quantitative estimate of drug-likeness (QED) is 0.892. The molecule has 18 heavy (non-hydrogen) atoms. The number of hydrogen-bond donors (Lipinski definition) is 2. The minimum atomic E-state index is 0.188. The van der Waals surface area contributed by atoms with E-state index in [2.05, 4.69) is 60.3 Å². The summed E-state index contributed by atoms with van der Waals surface area (Å²) >= 11 is 1.87. The molecule has 2 rings (SSSR count). The number of aromatic amines is 1. The van der Waals surface area contributed by atoms with Gasteiger partial charge < -0.3 is 5.32 Å². The van der Waals surface area contributed by atoms with Gasteiger partial charge in [0.15, 0.2) is 0 Å². The van der Waals surface area contributed by atoms with Crippen molar-refractivity contribution in [3.05, 3.63) is 34.0 Å². The predicted octanol–water partition coefficient (Wildman–Crippen LogP) is 3.01. The summed E-state index contributed by atoms with van der Waals surface area (Å²) in [6.07, 6.45) is 1.54. The summed E-state index contributed by atoms with van der Waals surface area (Å²) in [7, 11) is 0. The number of rotatable bonds is 4. The Morgan fingerprint density at radius 3 is 2.72 bits per heavy atom. The molecule has 0 aromatic carbocycles. The van der Waals surface area contributed by atoms with Gasteiger partial charge in [-0.15, -0.1) is 11.3 Å². The number of nitrogens with zero attached hydrogens (tertiary/aromatic N) is 2. The molecular weight excluding hydrogens is 244 g/mol. The first kappa shape index (κ1) is 13.2. The zero-order valence-corrected chi connectivity index (χ0v) is 12.1. The van der Waals surface area contributed by atoms with E-state index in [0.717, 1.165) is 12.4 Å².